The van der Waals surface area contributed by atoms with E-state index >= 15 is 0 Å². The van der Waals surface area contributed by atoms with Gasteiger partial charge in [-0.2, -0.15) is 0 Å². The monoisotopic (exact) mass is 498 g/mol. The van der Waals surface area contributed by atoms with Gasteiger partial charge in [0.2, 0.25) is 0 Å². The zero-order chi connectivity index (χ0) is 23.9. The topological polar surface area (TPSA) is 92.8 Å². The Bertz CT molecular complexity index is 1090. The number of hydrogen-bond donors (Lipinski definition) is 1. The predicted molar refractivity (Wildman–Crippen MR) is 126 cm³/mol. The molecule has 0 aliphatic rings. The van der Waals surface area contributed by atoms with Crippen LogP contribution in [0.2, 0.25) is 10.0 Å². The molecule has 0 radical (unpaired) electrons. The second-order valence-corrected chi connectivity index (χ2v) is 9.46. The van der Waals surface area contributed by atoms with Crippen LogP contribution in [0, 0.1) is 0 Å². The minimum absolute atomic E-state index is 0.0381. The summed E-state index contributed by atoms with van der Waals surface area (Å²) in [6.07, 6.45) is 1.12. The molecule has 172 valence electrons. The summed E-state index contributed by atoms with van der Waals surface area (Å²) in [6.45, 7) is 7.35. The van der Waals surface area contributed by atoms with Crippen LogP contribution < -0.4 is 9.62 Å². The van der Waals surface area contributed by atoms with Gasteiger partial charge in [-0.05, 0) is 55.8 Å². The van der Waals surface area contributed by atoms with E-state index in [1.807, 2.05) is 6.92 Å². The van der Waals surface area contributed by atoms with E-state index in [0.29, 0.717) is 17.3 Å². The molecular formula is C22H24Cl2N2O5S. The smallest absolute Gasteiger partial charge is 0.338 e. The molecule has 1 amide bonds. The summed E-state index contributed by atoms with van der Waals surface area (Å²) in [5, 5.41) is 3.00. The molecule has 10 heteroatoms. The molecule has 0 saturated carbocycles. The average molecular weight is 499 g/mol. The Morgan fingerprint density at radius 1 is 1.19 bits per heavy atom. The van der Waals surface area contributed by atoms with E-state index in [1.54, 1.807) is 24.3 Å². The molecular weight excluding hydrogens is 475 g/mol. The maximum absolute atomic E-state index is 13.4. The number of hydrogen-bond acceptors (Lipinski definition) is 5. The lowest BCUT2D eigenvalue weighted by atomic mass is 10.2. The molecule has 0 aliphatic carbocycles. The molecule has 2 aromatic rings. The molecule has 0 saturated heterocycles. The zero-order valence-electron chi connectivity index (χ0n) is 17.7. The van der Waals surface area contributed by atoms with Crippen molar-refractivity contribution in [2.75, 3.05) is 17.4 Å². The van der Waals surface area contributed by atoms with Crippen LogP contribution in [-0.2, 0) is 19.6 Å². The Hall–Kier alpha value is -2.55. The lowest BCUT2D eigenvalue weighted by Gasteiger charge is -2.24. The van der Waals surface area contributed by atoms with Gasteiger partial charge in [-0.1, -0.05) is 36.2 Å². The Morgan fingerprint density at radius 2 is 1.84 bits per heavy atom. The van der Waals surface area contributed by atoms with Crippen molar-refractivity contribution < 1.29 is 22.7 Å². The van der Waals surface area contributed by atoms with E-state index in [-0.39, 0.29) is 22.0 Å². The Labute approximate surface area is 198 Å². The number of benzene rings is 2. The second kappa shape index (κ2) is 11.4. The van der Waals surface area contributed by atoms with E-state index in [2.05, 4.69) is 11.9 Å². The van der Waals surface area contributed by atoms with Crippen LogP contribution in [0.15, 0.2) is 60.0 Å². The molecule has 0 heterocycles. The molecule has 7 nitrogen and oxygen atoms in total. The SMILES string of the molecule is C=CCN(c1ccc(Cl)cc1)S(=O)(=O)c1cc(C(=O)OC(C)C(=O)NCCC)ccc1Cl. The van der Waals surface area contributed by atoms with Crippen LogP contribution >= 0.6 is 23.2 Å². The second-order valence-electron chi connectivity index (χ2n) is 6.78. The lowest BCUT2D eigenvalue weighted by Crippen LogP contribution is -2.36. The first kappa shape index (κ1) is 25.7. The van der Waals surface area contributed by atoms with E-state index in [0.717, 1.165) is 16.8 Å². The predicted octanol–water partition coefficient (Wildman–Crippen LogP) is 4.45. The molecule has 2 rings (SSSR count). The minimum atomic E-state index is -4.17. The number of esters is 1. The molecule has 1 unspecified atom stereocenters. The largest absolute Gasteiger partial charge is 0.449 e. The van der Waals surface area contributed by atoms with E-state index < -0.39 is 28.0 Å². The molecule has 1 N–H and O–H groups in total. The van der Waals surface area contributed by atoms with Crippen LogP contribution in [0.25, 0.3) is 0 Å². The number of carbonyl (C=O) groups excluding carboxylic acids is 2. The van der Waals surface area contributed by atoms with Gasteiger partial charge in [-0.3, -0.25) is 9.10 Å². The molecule has 0 fully saturated rings. The van der Waals surface area contributed by atoms with Gasteiger partial charge in [-0.25, -0.2) is 13.2 Å². The van der Waals surface area contributed by atoms with Crippen molar-refractivity contribution in [2.24, 2.45) is 0 Å². The van der Waals surface area contributed by atoms with Crippen LogP contribution in [0.3, 0.4) is 0 Å². The number of anilines is 1. The summed E-state index contributed by atoms with van der Waals surface area (Å²) < 4.78 is 33.1. The third-order valence-electron chi connectivity index (χ3n) is 4.35. The Kier molecular flexibility index (Phi) is 9.12. The fourth-order valence-electron chi connectivity index (χ4n) is 2.69. The van der Waals surface area contributed by atoms with Crippen molar-refractivity contribution >= 4 is 50.8 Å². The third kappa shape index (κ3) is 6.25. The fraction of sp³-hybridized carbons (Fsp3) is 0.273. The number of amides is 1. The molecule has 0 spiro atoms. The number of carbonyl (C=O) groups is 2. The van der Waals surface area contributed by atoms with Gasteiger partial charge < -0.3 is 10.1 Å². The summed E-state index contributed by atoms with van der Waals surface area (Å²) in [4.78, 5) is 24.2. The van der Waals surface area contributed by atoms with E-state index in [9.17, 15) is 18.0 Å². The minimum Gasteiger partial charge on any atom is -0.449 e. The molecule has 0 bridgehead atoms. The first-order valence-corrected chi connectivity index (χ1v) is 12.0. The summed E-state index contributed by atoms with van der Waals surface area (Å²) in [5.74, 6) is -1.29. The normalized spacial score (nSPS) is 12.0. The number of halogens is 2. The number of rotatable bonds is 10. The quantitative estimate of drug-likeness (QED) is 0.385. The van der Waals surface area contributed by atoms with Crippen molar-refractivity contribution in [3.63, 3.8) is 0 Å². The average Bonchev–Trinajstić information content (AvgIpc) is 2.76. The number of nitrogens with zero attached hydrogens (tertiary/aromatic N) is 1. The zero-order valence-corrected chi connectivity index (χ0v) is 20.0. The fourth-order valence-corrected chi connectivity index (χ4v) is 4.75. The van der Waals surface area contributed by atoms with Crippen molar-refractivity contribution in [3.8, 4) is 0 Å². The number of ether oxygens (including phenoxy) is 1. The van der Waals surface area contributed by atoms with Crippen LogP contribution in [0.1, 0.15) is 30.6 Å². The summed E-state index contributed by atoms with van der Waals surface area (Å²) in [7, 11) is -4.17. The molecule has 2 aromatic carbocycles. The molecule has 0 aromatic heterocycles. The first-order chi connectivity index (χ1) is 15.1. The highest BCUT2D eigenvalue weighted by Gasteiger charge is 2.28. The molecule has 1 atom stereocenters. The van der Waals surface area contributed by atoms with Gasteiger partial charge in [0.05, 0.1) is 22.8 Å². The maximum Gasteiger partial charge on any atom is 0.338 e. The lowest BCUT2D eigenvalue weighted by molar-refractivity contribution is -0.129. The van der Waals surface area contributed by atoms with Gasteiger partial charge in [-0.15, -0.1) is 6.58 Å². The van der Waals surface area contributed by atoms with Crippen molar-refractivity contribution in [1.29, 1.82) is 0 Å². The van der Waals surface area contributed by atoms with Crippen LogP contribution in [0.5, 0.6) is 0 Å². The van der Waals surface area contributed by atoms with Gasteiger partial charge in [0, 0.05) is 11.6 Å². The highest BCUT2D eigenvalue weighted by Crippen LogP contribution is 2.30. The number of sulfonamides is 1. The highest BCUT2D eigenvalue weighted by atomic mass is 35.5. The Balaban J connectivity index is 2.37. The summed E-state index contributed by atoms with van der Waals surface area (Å²) >= 11 is 12.1. The van der Waals surface area contributed by atoms with E-state index in [1.165, 1.54) is 25.1 Å². The third-order valence-corrected chi connectivity index (χ3v) is 6.87. The van der Waals surface area contributed by atoms with Crippen LogP contribution in [0.4, 0.5) is 5.69 Å². The van der Waals surface area contributed by atoms with Gasteiger partial charge in [0.25, 0.3) is 15.9 Å². The van der Waals surface area contributed by atoms with Crippen LogP contribution in [-0.4, -0.2) is 39.5 Å². The first-order valence-electron chi connectivity index (χ1n) is 9.79. The van der Waals surface area contributed by atoms with Crippen molar-refractivity contribution in [1.82, 2.24) is 5.32 Å². The Morgan fingerprint density at radius 3 is 2.44 bits per heavy atom. The van der Waals surface area contributed by atoms with E-state index in [4.69, 9.17) is 27.9 Å². The summed E-state index contributed by atoms with van der Waals surface area (Å²) in [6, 6.07) is 9.97. The highest BCUT2D eigenvalue weighted by molar-refractivity contribution is 7.93. The maximum atomic E-state index is 13.4. The van der Waals surface area contributed by atoms with Gasteiger partial charge in [0.15, 0.2) is 6.10 Å². The van der Waals surface area contributed by atoms with Gasteiger partial charge in [0.1, 0.15) is 4.90 Å². The van der Waals surface area contributed by atoms with Crippen molar-refractivity contribution in [2.45, 2.75) is 31.3 Å². The van der Waals surface area contributed by atoms with Gasteiger partial charge >= 0.3 is 5.97 Å². The summed E-state index contributed by atoms with van der Waals surface area (Å²) in [5.41, 5.74) is 0.289. The molecule has 0 aliphatic heterocycles. The standard InChI is InChI=1S/C22H24Cl2N2O5S/c1-4-12-25-21(27)15(3)31-22(28)16-6-11-19(24)20(14-16)32(29,30)26(13-5-2)18-9-7-17(23)8-10-18/h5-11,14-15H,2,4,12-13H2,1,3H3,(H,25,27). The number of nitrogens with one attached hydrogen (secondary N) is 1. The van der Waals surface area contributed by atoms with Crippen molar-refractivity contribution in [3.05, 3.63) is 70.7 Å². The molecule has 32 heavy (non-hydrogen) atoms.